The molecule has 3 fully saturated rings. The first-order chi connectivity index (χ1) is 15.1. The molecule has 0 spiro atoms. The van der Waals surface area contributed by atoms with E-state index in [4.69, 9.17) is 0 Å². The van der Waals surface area contributed by atoms with Crippen molar-refractivity contribution in [1.82, 2.24) is 0 Å². The number of nitrogens with zero attached hydrogens (tertiary/aromatic N) is 3. The third-order valence-corrected chi connectivity index (χ3v) is 7.26. The zero-order valence-corrected chi connectivity index (χ0v) is 17.1. The number of rotatable bonds is 4. The monoisotopic (exact) mass is 425 g/mol. The molecule has 150 valence electrons. The van der Waals surface area contributed by atoms with E-state index in [-0.39, 0.29) is 17.7 Å². The summed E-state index contributed by atoms with van der Waals surface area (Å²) < 4.78 is 2.41. The summed E-state index contributed by atoms with van der Waals surface area (Å²) in [7, 11) is 0. The molecule has 1 aromatic heterocycles. The van der Waals surface area contributed by atoms with Crippen LogP contribution >= 0.6 is 11.3 Å². The number of amides is 3. The first-order valence-corrected chi connectivity index (χ1v) is 10.9. The third-order valence-electron chi connectivity index (χ3n) is 6.13. The van der Waals surface area contributed by atoms with Crippen molar-refractivity contribution in [3.63, 3.8) is 0 Å². The average Bonchev–Trinajstić information content (AvgIpc) is 3.72. The highest BCUT2D eigenvalue weighted by Crippen LogP contribution is 2.47. The van der Waals surface area contributed by atoms with Crippen molar-refractivity contribution in [2.45, 2.75) is 0 Å². The second-order valence-corrected chi connectivity index (χ2v) is 9.19. The Morgan fingerprint density at radius 2 is 1.19 bits per heavy atom. The first-order valence-electron chi connectivity index (χ1n) is 10.1. The van der Waals surface area contributed by atoms with Gasteiger partial charge in [0.1, 0.15) is 19.6 Å². The Labute approximate surface area is 180 Å². The van der Waals surface area contributed by atoms with Gasteiger partial charge < -0.3 is 4.90 Å². The Morgan fingerprint density at radius 3 is 1.87 bits per heavy atom. The van der Waals surface area contributed by atoms with Crippen LogP contribution < -0.4 is 14.7 Å². The number of thiophene rings is 1. The van der Waals surface area contributed by atoms with Gasteiger partial charge in [-0.05, 0) is 29.8 Å². The van der Waals surface area contributed by atoms with Crippen LogP contribution in [0.4, 0.5) is 17.1 Å². The zero-order chi connectivity index (χ0) is 20.9. The Hall–Kier alpha value is -3.71. The van der Waals surface area contributed by atoms with Crippen molar-refractivity contribution in [2.75, 3.05) is 34.3 Å². The van der Waals surface area contributed by atoms with Crippen molar-refractivity contribution in [3.05, 3.63) is 54.6 Å². The van der Waals surface area contributed by atoms with Crippen LogP contribution in [-0.2, 0) is 14.4 Å². The summed E-state index contributed by atoms with van der Waals surface area (Å²) in [5.41, 5.74) is 4.13. The largest absolute Gasteiger partial charge is 0.301 e. The minimum atomic E-state index is 0.0260. The smallest absolute Gasteiger partial charge is 0.247 e. The molecule has 4 heterocycles. The molecule has 6 nitrogen and oxygen atoms in total. The molecule has 0 unspecified atom stereocenters. The number of anilines is 3. The fourth-order valence-corrected chi connectivity index (χ4v) is 5.45. The maximum absolute atomic E-state index is 12.0. The van der Waals surface area contributed by atoms with E-state index in [1.165, 1.54) is 20.2 Å². The highest BCUT2D eigenvalue weighted by molar-refractivity contribution is 7.25. The fourth-order valence-electron chi connectivity index (χ4n) is 4.30. The predicted octanol–water partition coefficient (Wildman–Crippen LogP) is 3.76. The van der Waals surface area contributed by atoms with E-state index in [2.05, 4.69) is 30.3 Å². The van der Waals surface area contributed by atoms with Crippen LogP contribution in [0.25, 0.3) is 31.3 Å². The van der Waals surface area contributed by atoms with Gasteiger partial charge in [-0.3, -0.25) is 24.2 Å². The summed E-state index contributed by atoms with van der Waals surface area (Å²) >= 11 is 1.74. The minimum Gasteiger partial charge on any atom is -0.301 e. The molecule has 0 radical (unpaired) electrons. The molecule has 3 aromatic carbocycles. The number of hydrogen-bond donors (Lipinski definition) is 0. The molecule has 0 N–H and O–H groups in total. The lowest BCUT2D eigenvalue weighted by Crippen LogP contribution is -2.06. The highest BCUT2D eigenvalue weighted by atomic mass is 32.1. The summed E-state index contributed by atoms with van der Waals surface area (Å²) in [5, 5.41) is 2.45. The summed E-state index contributed by atoms with van der Waals surface area (Å²) in [6, 6.07) is 18.6. The summed E-state index contributed by atoms with van der Waals surface area (Å²) in [6.07, 6.45) is 0. The first kappa shape index (κ1) is 17.0. The van der Waals surface area contributed by atoms with Gasteiger partial charge in [-0.2, -0.15) is 0 Å². The standard InChI is InChI=1S/C24H15N3O3S/c28-22-10-25(22)17-9-19(27-12-24(27)30)18(26-11-23(26)29)8-16(17)13-5-6-15-14-3-1-2-4-20(14)31-21(15)7-13/h1-9H,10-12H2. The van der Waals surface area contributed by atoms with Gasteiger partial charge >= 0.3 is 0 Å². The van der Waals surface area contributed by atoms with E-state index in [1.54, 1.807) is 26.0 Å². The second-order valence-electron chi connectivity index (χ2n) is 8.11. The maximum atomic E-state index is 12.0. The third kappa shape index (κ3) is 2.53. The van der Waals surface area contributed by atoms with E-state index in [1.807, 2.05) is 24.3 Å². The highest BCUT2D eigenvalue weighted by Gasteiger charge is 2.42. The van der Waals surface area contributed by atoms with Gasteiger partial charge in [-0.1, -0.05) is 30.3 Å². The minimum absolute atomic E-state index is 0.0260. The molecule has 3 saturated heterocycles. The summed E-state index contributed by atoms with van der Waals surface area (Å²) in [4.78, 5) is 40.9. The van der Waals surface area contributed by atoms with E-state index in [0.717, 1.165) is 22.5 Å². The average molecular weight is 425 g/mol. The van der Waals surface area contributed by atoms with Crippen molar-refractivity contribution < 1.29 is 14.4 Å². The van der Waals surface area contributed by atoms with Crippen LogP contribution in [0.3, 0.4) is 0 Å². The molecule has 0 aliphatic carbocycles. The molecule has 0 saturated carbocycles. The van der Waals surface area contributed by atoms with Crippen LogP contribution in [0.5, 0.6) is 0 Å². The molecule has 31 heavy (non-hydrogen) atoms. The lowest BCUT2D eigenvalue weighted by atomic mass is 10.00. The number of hydrogen-bond acceptors (Lipinski definition) is 4. The number of carbonyl (C=O) groups is 3. The number of fused-ring (bicyclic) bond motifs is 3. The molecule has 7 heteroatoms. The Balaban J connectivity index is 1.45. The van der Waals surface area contributed by atoms with Gasteiger partial charge in [0.25, 0.3) is 0 Å². The molecule has 3 aliphatic rings. The maximum Gasteiger partial charge on any atom is 0.247 e. The van der Waals surface area contributed by atoms with Gasteiger partial charge in [0, 0.05) is 25.7 Å². The molecular weight excluding hydrogens is 410 g/mol. The van der Waals surface area contributed by atoms with Crippen LogP contribution in [0.15, 0.2) is 54.6 Å². The topological polar surface area (TPSA) is 60.2 Å². The normalized spacial score (nSPS) is 17.3. The molecule has 7 rings (SSSR count). The van der Waals surface area contributed by atoms with E-state index < -0.39 is 0 Å². The lowest BCUT2D eigenvalue weighted by molar-refractivity contribution is -0.110. The van der Waals surface area contributed by atoms with Crippen LogP contribution in [0, 0.1) is 0 Å². The van der Waals surface area contributed by atoms with Crippen molar-refractivity contribution in [2.24, 2.45) is 0 Å². The van der Waals surface area contributed by atoms with Gasteiger partial charge in [0.15, 0.2) is 0 Å². The molecule has 3 aliphatic heterocycles. The van der Waals surface area contributed by atoms with Crippen molar-refractivity contribution in [3.8, 4) is 11.1 Å². The molecule has 3 amide bonds. The summed E-state index contributed by atoms with van der Waals surface area (Å²) in [5.74, 6) is 0.123. The van der Waals surface area contributed by atoms with Gasteiger partial charge in [-0.15, -0.1) is 11.3 Å². The quantitative estimate of drug-likeness (QED) is 0.468. The predicted molar refractivity (Wildman–Crippen MR) is 122 cm³/mol. The van der Waals surface area contributed by atoms with Crippen LogP contribution in [-0.4, -0.2) is 37.4 Å². The van der Waals surface area contributed by atoms with Gasteiger partial charge in [0.2, 0.25) is 17.7 Å². The van der Waals surface area contributed by atoms with Gasteiger partial charge in [-0.25, -0.2) is 0 Å². The molecule has 0 atom stereocenters. The Bertz CT molecular complexity index is 1510. The van der Waals surface area contributed by atoms with E-state index >= 15 is 0 Å². The molecular formula is C24H15N3O3S. The Kier molecular flexibility index (Phi) is 3.13. The Morgan fingerprint density at radius 1 is 0.613 bits per heavy atom. The summed E-state index contributed by atoms with van der Waals surface area (Å²) in [6.45, 7) is 1.06. The number of carbonyl (C=O) groups excluding carboxylic acids is 3. The second kappa shape index (κ2) is 5.70. The van der Waals surface area contributed by atoms with Gasteiger partial charge in [0.05, 0.1) is 17.1 Å². The van der Waals surface area contributed by atoms with E-state index in [9.17, 15) is 14.4 Å². The SMILES string of the molecule is O=C1CN1c1cc(N2CC2=O)c(N2CC2=O)cc1-c1ccc2c(c1)sc1ccccc12. The zero-order valence-electron chi connectivity index (χ0n) is 16.3. The van der Waals surface area contributed by atoms with Crippen molar-refractivity contribution >= 4 is 66.3 Å². The fraction of sp³-hybridized carbons (Fsp3) is 0.125. The van der Waals surface area contributed by atoms with Crippen LogP contribution in [0.2, 0.25) is 0 Å². The molecule has 4 aromatic rings. The van der Waals surface area contributed by atoms with E-state index in [0.29, 0.717) is 25.3 Å². The number of benzene rings is 3. The molecule has 0 bridgehead atoms. The lowest BCUT2D eigenvalue weighted by Gasteiger charge is -2.17. The van der Waals surface area contributed by atoms with Crippen molar-refractivity contribution in [1.29, 1.82) is 0 Å². The van der Waals surface area contributed by atoms with Crippen LogP contribution in [0.1, 0.15) is 0 Å².